The smallest absolute Gasteiger partial charge is 0.267 e. The second-order valence-electron chi connectivity index (χ2n) is 7.18. The zero-order chi connectivity index (χ0) is 20.4. The van der Waals surface area contributed by atoms with Crippen molar-refractivity contribution < 1.29 is 14.0 Å². The minimum absolute atomic E-state index is 0.115. The van der Waals surface area contributed by atoms with Gasteiger partial charge in [0.05, 0.1) is 16.4 Å². The van der Waals surface area contributed by atoms with E-state index in [1.165, 1.54) is 52.7 Å². The van der Waals surface area contributed by atoms with Gasteiger partial charge in [-0.15, -0.1) is 11.3 Å². The number of amides is 2. The van der Waals surface area contributed by atoms with Crippen molar-refractivity contribution in [2.24, 2.45) is 10.8 Å². The predicted octanol–water partition coefficient (Wildman–Crippen LogP) is 1.94. The van der Waals surface area contributed by atoms with Crippen molar-refractivity contribution >= 4 is 34.6 Å². The van der Waals surface area contributed by atoms with E-state index in [9.17, 15) is 14.0 Å². The second kappa shape index (κ2) is 8.28. The van der Waals surface area contributed by atoms with Gasteiger partial charge in [0.25, 0.3) is 5.91 Å². The standard InChI is InChI=1S/C20H22FN5O2S/c21-12-5-7-13(8-6-12)26-16(19(22)27)11-15(25-26)20(28)23-10-9-18-24-14-3-1-2-4-17(14)29-18/h5-8,16H,1-4,9-11H2,(H2,22,27)(H,23,28). The van der Waals surface area contributed by atoms with Crippen LogP contribution in [-0.2, 0) is 28.9 Å². The topological polar surface area (TPSA) is 101 Å². The summed E-state index contributed by atoms with van der Waals surface area (Å²) >= 11 is 1.73. The number of carbonyl (C=O) groups is 2. The number of aryl methyl sites for hydroxylation is 2. The fourth-order valence-electron chi connectivity index (χ4n) is 3.60. The van der Waals surface area contributed by atoms with Crippen LogP contribution in [0.2, 0.25) is 0 Å². The Morgan fingerprint density at radius 1 is 1.24 bits per heavy atom. The van der Waals surface area contributed by atoms with Gasteiger partial charge < -0.3 is 11.1 Å². The maximum Gasteiger partial charge on any atom is 0.267 e. The van der Waals surface area contributed by atoms with Gasteiger partial charge in [0.1, 0.15) is 17.6 Å². The Kier molecular flexibility index (Phi) is 5.57. The molecule has 0 saturated heterocycles. The molecule has 0 fully saturated rings. The number of halogens is 1. The van der Waals surface area contributed by atoms with Crippen molar-refractivity contribution in [2.45, 2.75) is 44.6 Å². The molecule has 9 heteroatoms. The third kappa shape index (κ3) is 4.29. The molecular formula is C20H22FN5O2S. The first-order chi connectivity index (χ1) is 14.0. The van der Waals surface area contributed by atoms with Gasteiger partial charge in [0.2, 0.25) is 5.91 Å². The van der Waals surface area contributed by atoms with Crippen LogP contribution in [0.3, 0.4) is 0 Å². The highest BCUT2D eigenvalue weighted by Crippen LogP contribution is 2.27. The van der Waals surface area contributed by atoms with Crippen molar-refractivity contribution in [3.05, 3.63) is 45.7 Å². The molecule has 29 heavy (non-hydrogen) atoms. The summed E-state index contributed by atoms with van der Waals surface area (Å²) < 4.78 is 13.2. The summed E-state index contributed by atoms with van der Waals surface area (Å²) in [5.74, 6) is -1.31. The Bertz CT molecular complexity index is 933. The molecule has 0 bridgehead atoms. The summed E-state index contributed by atoms with van der Waals surface area (Å²) in [5, 5.41) is 9.54. The van der Waals surface area contributed by atoms with Gasteiger partial charge in [-0.1, -0.05) is 0 Å². The van der Waals surface area contributed by atoms with E-state index in [1.807, 2.05) is 0 Å². The fourth-order valence-corrected chi connectivity index (χ4v) is 4.75. The Labute approximate surface area is 171 Å². The average molecular weight is 415 g/mol. The molecule has 1 aromatic carbocycles. The van der Waals surface area contributed by atoms with Gasteiger partial charge in [-0.25, -0.2) is 9.37 Å². The maximum atomic E-state index is 13.2. The lowest BCUT2D eigenvalue weighted by molar-refractivity contribution is -0.119. The number of rotatable bonds is 6. The van der Waals surface area contributed by atoms with Crippen molar-refractivity contribution in [1.29, 1.82) is 0 Å². The van der Waals surface area contributed by atoms with Crippen LogP contribution in [0, 0.1) is 5.82 Å². The van der Waals surface area contributed by atoms with Gasteiger partial charge in [-0.3, -0.25) is 14.6 Å². The maximum absolute atomic E-state index is 13.2. The molecule has 2 amide bonds. The summed E-state index contributed by atoms with van der Waals surface area (Å²) in [7, 11) is 0. The Morgan fingerprint density at radius 2 is 2.00 bits per heavy atom. The molecule has 2 aromatic rings. The first-order valence-electron chi connectivity index (χ1n) is 9.68. The molecule has 7 nitrogen and oxygen atoms in total. The molecule has 0 radical (unpaired) electrons. The molecule has 3 N–H and O–H groups in total. The number of aromatic nitrogens is 1. The number of benzene rings is 1. The number of fused-ring (bicyclic) bond motifs is 1. The number of nitrogens with two attached hydrogens (primary N) is 1. The van der Waals surface area contributed by atoms with E-state index in [0.29, 0.717) is 18.7 Å². The third-order valence-corrected chi connectivity index (χ3v) is 6.32. The molecule has 2 aliphatic rings. The number of primary amides is 1. The molecule has 0 saturated carbocycles. The minimum Gasteiger partial charge on any atom is -0.368 e. The molecular weight excluding hydrogens is 393 g/mol. The van der Waals surface area contributed by atoms with Crippen LogP contribution in [0.15, 0.2) is 29.4 Å². The van der Waals surface area contributed by atoms with Crippen molar-refractivity contribution in [3.8, 4) is 0 Å². The highest BCUT2D eigenvalue weighted by molar-refractivity contribution is 7.11. The van der Waals surface area contributed by atoms with Crippen LogP contribution in [0.25, 0.3) is 0 Å². The zero-order valence-electron chi connectivity index (χ0n) is 15.9. The third-order valence-electron chi connectivity index (χ3n) is 5.11. The molecule has 0 spiro atoms. The van der Waals surface area contributed by atoms with Gasteiger partial charge in [-0.05, 0) is 49.9 Å². The number of hydrazone groups is 1. The molecule has 1 aliphatic carbocycles. The number of anilines is 1. The molecule has 1 atom stereocenters. The van der Waals surface area contributed by atoms with Gasteiger partial charge in [-0.2, -0.15) is 5.10 Å². The van der Waals surface area contributed by atoms with E-state index >= 15 is 0 Å². The average Bonchev–Trinajstić information content (AvgIpc) is 3.33. The lowest BCUT2D eigenvalue weighted by Crippen LogP contribution is -2.40. The molecule has 152 valence electrons. The van der Waals surface area contributed by atoms with E-state index in [1.54, 1.807) is 11.3 Å². The number of hydrogen-bond donors (Lipinski definition) is 2. The normalized spacial score (nSPS) is 18.3. The lowest BCUT2D eigenvalue weighted by Gasteiger charge is -2.20. The van der Waals surface area contributed by atoms with Crippen LogP contribution in [0.4, 0.5) is 10.1 Å². The summed E-state index contributed by atoms with van der Waals surface area (Å²) in [5.41, 5.74) is 7.42. The first-order valence-corrected chi connectivity index (χ1v) is 10.5. The molecule has 4 rings (SSSR count). The van der Waals surface area contributed by atoms with E-state index in [4.69, 9.17) is 5.73 Å². The first kappa shape index (κ1) is 19.5. The van der Waals surface area contributed by atoms with Gasteiger partial charge in [0, 0.05) is 24.3 Å². The van der Waals surface area contributed by atoms with Crippen LogP contribution >= 0.6 is 11.3 Å². The quantitative estimate of drug-likeness (QED) is 0.753. The van der Waals surface area contributed by atoms with Crippen LogP contribution in [0.1, 0.15) is 34.8 Å². The number of hydrogen-bond acceptors (Lipinski definition) is 6. The Morgan fingerprint density at radius 3 is 2.72 bits per heavy atom. The highest BCUT2D eigenvalue weighted by atomic mass is 32.1. The van der Waals surface area contributed by atoms with E-state index in [0.717, 1.165) is 17.8 Å². The number of nitrogens with zero attached hydrogens (tertiary/aromatic N) is 3. The van der Waals surface area contributed by atoms with Crippen molar-refractivity contribution in [2.75, 3.05) is 11.6 Å². The van der Waals surface area contributed by atoms with Crippen LogP contribution in [-0.4, -0.2) is 35.1 Å². The van der Waals surface area contributed by atoms with Crippen molar-refractivity contribution in [1.82, 2.24) is 10.3 Å². The number of nitrogens with one attached hydrogen (secondary N) is 1. The molecule has 1 unspecified atom stereocenters. The lowest BCUT2D eigenvalue weighted by atomic mass is 10.0. The van der Waals surface area contributed by atoms with Gasteiger partial charge in [0.15, 0.2) is 0 Å². The summed E-state index contributed by atoms with van der Waals surface area (Å²) in [4.78, 5) is 30.4. The Hall–Kier alpha value is -2.81. The molecule has 2 heterocycles. The zero-order valence-corrected chi connectivity index (χ0v) is 16.7. The number of carbonyl (C=O) groups excluding carboxylic acids is 2. The molecule has 1 aromatic heterocycles. The minimum atomic E-state index is -0.771. The van der Waals surface area contributed by atoms with E-state index in [2.05, 4.69) is 15.4 Å². The van der Waals surface area contributed by atoms with Crippen molar-refractivity contribution in [3.63, 3.8) is 0 Å². The summed E-state index contributed by atoms with van der Waals surface area (Å²) in [6.45, 7) is 0.446. The SMILES string of the molecule is NC(=O)C1CC(C(=O)NCCc2nc3c(s2)CCCC3)=NN1c1ccc(F)cc1. The predicted molar refractivity (Wildman–Crippen MR) is 109 cm³/mol. The highest BCUT2D eigenvalue weighted by Gasteiger charge is 2.34. The summed E-state index contributed by atoms with van der Waals surface area (Å²) in [6.07, 6.45) is 5.34. The number of thiazole rings is 1. The second-order valence-corrected chi connectivity index (χ2v) is 8.35. The fraction of sp³-hybridized carbons (Fsp3) is 0.400. The monoisotopic (exact) mass is 415 g/mol. The van der Waals surface area contributed by atoms with E-state index in [-0.39, 0.29) is 18.0 Å². The van der Waals surface area contributed by atoms with Gasteiger partial charge >= 0.3 is 0 Å². The van der Waals surface area contributed by atoms with Crippen LogP contribution in [0.5, 0.6) is 0 Å². The van der Waals surface area contributed by atoms with E-state index < -0.39 is 17.8 Å². The Balaban J connectivity index is 1.38. The summed E-state index contributed by atoms with van der Waals surface area (Å²) in [6, 6.07) is 4.77. The molecule has 1 aliphatic heterocycles. The largest absolute Gasteiger partial charge is 0.368 e. The van der Waals surface area contributed by atoms with Crippen LogP contribution < -0.4 is 16.1 Å².